The molecule has 1 saturated heterocycles. The summed E-state index contributed by atoms with van der Waals surface area (Å²) < 4.78 is 21.9. The molecule has 3 aromatic carbocycles. The van der Waals surface area contributed by atoms with Crippen molar-refractivity contribution in [3.63, 3.8) is 0 Å². The number of hydrogen-bond donors (Lipinski definition) is 6. The van der Waals surface area contributed by atoms with E-state index in [1.807, 2.05) is 0 Å². The van der Waals surface area contributed by atoms with E-state index in [0.717, 1.165) is 12.1 Å². The van der Waals surface area contributed by atoms with Gasteiger partial charge in [0.05, 0.1) is 6.61 Å². The molecule has 1 aliphatic heterocycles. The predicted molar refractivity (Wildman–Crippen MR) is 147 cm³/mol. The normalized spacial score (nSPS) is 22.3. The number of fused-ring (bicyclic) bond motifs is 1. The summed E-state index contributed by atoms with van der Waals surface area (Å²) in [7, 11) is 0. The third kappa shape index (κ3) is 6.12. The Morgan fingerprint density at radius 3 is 2.29 bits per heavy atom. The quantitative estimate of drug-likeness (QED) is 0.106. The minimum Gasteiger partial charge on any atom is -0.508 e. The molecule has 5 atom stereocenters. The number of ether oxygens (including phenoxy) is 3. The van der Waals surface area contributed by atoms with Gasteiger partial charge in [-0.05, 0) is 48.0 Å². The van der Waals surface area contributed by atoms with Gasteiger partial charge in [0.25, 0.3) is 0 Å². The van der Waals surface area contributed by atoms with Crippen LogP contribution in [0.5, 0.6) is 23.0 Å². The summed E-state index contributed by atoms with van der Waals surface area (Å²) in [6.07, 6.45) is -4.49. The molecule has 0 spiro atoms. The lowest BCUT2D eigenvalue weighted by atomic mass is 9.99. The first-order valence-electron chi connectivity index (χ1n) is 12.7. The molecule has 42 heavy (non-hydrogen) atoms. The van der Waals surface area contributed by atoms with Gasteiger partial charge in [0.1, 0.15) is 64.1 Å². The van der Waals surface area contributed by atoms with Gasteiger partial charge in [-0.15, -0.1) is 0 Å². The van der Waals surface area contributed by atoms with Crippen LogP contribution in [0.15, 0.2) is 82.0 Å². The zero-order chi connectivity index (χ0) is 30.0. The molecule has 0 saturated carbocycles. The van der Waals surface area contributed by atoms with E-state index in [1.165, 1.54) is 42.5 Å². The van der Waals surface area contributed by atoms with Crippen molar-refractivity contribution >= 4 is 23.0 Å². The van der Waals surface area contributed by atoms with Crippen molar-refractivity contribution < 1.29 is 54.1 Å². The highest BCUT2D eigenvalue weighted by Gasteiger charge is 2.44. The summed E-state index contributed by atoms with van der Waals surface area (Å²) in [5.41, 5.74) is 0.570. The lowest BCUT2D eigenvalue weighted by molar-refractivity contribution is -0.277. The smallest absolute Gasteiger partial charge is 0.336 e. The number of benzene rings is 3. The zero-order valence-electron chi connectivity index (χ0n) is 21.7. The number of phenolic OH excluding ortho intramolecular Hbond substituents is 2. The highest BCUT2D eigenvalue weighted by molar-refractivity contribution is 5.91. The molecule has 0 unspecified atom stereocenters. The summed E-state index contributed by atoms with van der Waals surface area (Å²) in [6, 6.07) is 15.8. The Hall–Kier alpha value is -4.72. The molecule has 1 fully saturated rings. The maximum Gasteiger partial charge on any atom is 0.336 e. The van der Waals surface area contributed by atoms with Crippen LogP contribution in [0.25, 0.3) is 28.4 Å². The lowest BCUT2D eigenvalue weighted by Crippen LogP contribution is -2.60. The predicted octanol–water partition coefficient (Wildman–Crippen LogP) is 1.67. The van der Waals surface area contributed by atoms with Gasteiger partial charge >= 0.3 is 5.97 Å². The zero-order valence-corrected chi connectivity index (χ0v) is 21.7. The monoisotopic (exact) mass is 578 g/mol. The first kappa shape index (κ1) is 28.8. The van der Waals surface area contributed by atoms with Gasteiger partial charge in [0, 0.05) is 29.8 Å². The molecule has 4 aromatic rings. The van der Waals surface area contributed by atoms with Crippen LogP contribution in [0.3, 0.4) is 0 Å². The Morgan fingerprint density at radius 1 is 0.881 bits per heavy atom. The van der Waals surface area contributed by atoms with Crippen molar-refractivity contribution in [2.24, 2.45) is 0 Å². The van der Waals surface area contributed by atoms with E-state index in [1.54, 1.807) is 24.3 Å². The van der Waals surface area contributed by atoms with Crippen LogP contribution >= 0.6 is 0 Å². The summed E-state index contributed by atoms with van der Waals surface area (Å²) in [4.78, 5) is 25.1. The van der Waals surface area contributed by atoms with Crippen LogP contribution in [-0.4, -0.2) is 73.9 Å². The molecule has 1 aliphatic rings. The molecule has 2 heterocycles. The van der Waals surface area contributed by atoms with Crippen LogP contribution in [0, 0.1) is 0 Å². The van der Waals surface area contributed by atoms with Crippen LogP contribution in [-0.2, 0) is 9.53 Å². The molecule has 0 radical (unpaired) electrons. The lowest BCUT2D eigenvalue weighted by Gasteiger charge is -2.39. The van der Waals surface area contributed by atoms with E-state index < -0.39 is 54.5 Å². The van der Waals surface area contributed by atoms with Gasteiger partial charge in [0.2, 0.25) is 6.29 Å². The number of aromatic hydroxyl groups is 2. The average Bonchev–Trinajstić information content (AvgIpc) is 2.97. The van der Waals surface area contributed by atoms with Gasteiger partial charge in [-0.25, -0.2) is 4.79 Å². The van der Waals surface area contributed by atoms with Crippen LogP contribution in [0.1, 0.15) is 5.56 Å². The van der Waals surface area contributed by atoms with Crippen molar-refractivity contribution in [1.29, 1.82) is 0 Å². The number of aliphatic hydroxyl groups is 4. The Kier molecular flexibility index (Phi) is 8.24. The summed E-state index contributed by atoms with van der Waals surface area (Å²) in [5.74, 6) is -0.802. The fourth-order valence-corrected chi connectivity index (χ4v) is 4.34. The van der Waals surface area contributed by atoms with E-state index in [-0.39, 0.29) is 34.0 Å². The van der Waals surface area contributed by atoms with Gasteiger partial charge < -0.3 is 49.3 Å². The molecule has 12 nitrogen and oxygen atoms in total. The maximum atomic E-state index is 12.6. The van der Waals surface area contributed by atoms with Gasteiger partial charge in [-0.3, -0.25) is 4.79 Å². The number of phenols is 2. The minimum atomic E-state index is -1.57. The Morgan fingerprint density at radius 2 is 1.60 bits per heavy atom. The SMILES string of the molecule is O=C(C=Cc1ccc(O[C@@H]2O[C@H](CO)[C@@H](O)[C@H](O)[C@H]2O)cc1)Oc1cc(O)c2c(=O)cc(-c3ccc(O)cc3)oc2c1. The third-order valence-electron chi connectivity index (χ3n) is 6.55. The van der Waals surface area contributed by atoms with Crippen molar-refractivity contribution in [3.8, 4) is 34.3 Å². The van der Waals surface area contributed by atoms with Crippen molar-refractivity contribution in [2.45, 2.75) is 30.7 Å². The second kappa shape index (κ2) is 12.0. The fourth-order valence-electron chi connectivity index (χ4n) is 4.34. The molecular weight excluding hydrogens is 552 g/mol. The summed E-state index contributed by atoms with van der Waals surface area (Å²) >= 11 is 0. The van der Waals surface area contributed by atoms with E-state index in [9.17, 15) is 40.2 Å². The molecule has 1 aromatic heterocycles. The van der Waals surface area contributed by atoms with Crippen LogP contribution in [0.4, 0.5) is 0 Å². The van der Waals surface area contributed by atoms with Gasteiger partial charge in [-0.2, -0.15) is 0 Å². The number of hydrogen-bond acceptors (Lipinski definition) is 12. The van der Waals surface area contributed by atoms with Crippen molar-refractivity contribution in [1.82, 2.24) is 0 Å². The van der Waals surface area contributed by atoms with Gasteiger partial charge in [-0.1, -0.05) is 12.1 Å². The summed E-state index contributed by atoms with van der Waals surface area (Å²) in [5, 5.41) is 59.0. The van der Waals surface area contributed by atoms with Crippen LogP contribution in [0.2, 0.25) is 0 Å². The van der Waals surface area contributed by atoms with E-state index in [2.05, 4.69) is 0 Å². The highest BCUT2D eigenvalue weighted by atomic mass is 16.7. The highest BCUT2D eigenvalue weighted by Crippen LogP contribution is 2.32. The maximum absolute atomic E-state index is 12.6. The molecule has 0 amide bonds. The standard InChI is InChI=1S/C30H26O12/c31-14-24-27(36)28(37)29(38)30(42-24)40-18-8-1-15(2-9-18)3-10-25(35)39-19-11-20(33)26-21(34)13-22(41-23(26)12-19)16-4-6-17(32)7-5-16/h1-13,24,27-33,36-38H,14H2/t24-,27-,28+,29-,30-/m1/s1. The Labute approximate surface area is 237 Å². The Balaban J connectivity index is 1.26. The average molecular weight is 579 g/mol. The van der Waals surface area contributed by atoms with Crippen molar-refractivity contribution in [2.75, 3.05) is 6.61 Å². The molecule has 6 N–H and O–H groups in total. The number of esters is 1. The number of aliphatic hydroxyl groups excluding tert-OH is 4. The summed E-state index contributed by atoms with van der Waals surface area (Å²) in [6.45, 7) is -0.585. The second-order valence-electron chi connectivity index (χ2n) is 9.48. The van der Waals surface area contributed by atoms with E-state index in [4.69, 9.17) is 18.6 Å². The number of carbonyl (C=O) groups excluding carboxylic acids is 1. The number of rotatable bonds is 7. The molecule has 5 rings (SSSR count). The second-order valence-corrected chi connectivity index (χ2v) is 9.48. The number of carbonyl (C=O) groups is 1. The van der Waals surface area contributed by atoms with E-state index in [0.29, 0.717) is 11.1 Å². The molecule has 218 valence electrons. The largest absolute Gasteiger partial charge is 0.508 e. The van der Waals surface area contributed by atoms with Crippen molar-refractivity contribution in [3.05, 3.63) is 88.6 Å². The molecular formula is C30H26O12. The molecule has 0 bridgehead atoms. The first-order valence-corrected chi connectivity index (χ1v) is 12.7. The molecule has 12 heteroatoms. The van der Waals surface area contributed by atoms with Gasteiger partial charge in [0.15, 0.2) is 5.43 Å². The topological polar surface area (TPSA) is 196 Å². The third-order valence-corrected chi connectivity index (χ3v) is 6.55. The Bertz CT molecular complexity index is 1660. The van der Waals surface area contributed by atoms with Crippen LogP contribution < -0.4 is 14.9 Å². The fraction of sp³-hybridized carbons (Fsp3) is 0.200. The minimum absolute atomic E-state index is 0.00709. The molecule has 0 aliphatic carbocycles. The first-order chi connectivity index (χ1) is 20.1. The van der Waals surface area contributed by atoms with E-state index >= 15 is 0 Å².